The summed E-state index contributed by atoms with van der Waals surface area (Å²) in [5.41, 5.74) is -0.579. The van der Waals surface area contributed by atoms with Crippen molar-refractivity contribution >= 4 is 5.97 Å². The highest BCUT2D eigenvalue weighted by Gasteiger charge is 2.27. The Labute approximate surface area is 75.5 Å². The molecule has 0 amide bonds. The van der Waals surface area contributed by atoms with Gasteiger partial charge in [-0.25, -0.2) is 0 Å². The highest BCUT2D eigenvalue weighted by atomic mass is 16.5. The van der Waals surface area contributed by atoms with Crippen molar-refractivity contribution in [3.8, 4) is 0 Å². The summed E-state index contributed by atoms with van der Waals surface area (Å²) in [5.74, 6) is -0.213. The molecule has 0 saturated carbocycles. The van der Waals surface area contributed by atoms with Gasteiger partial charge in [0.05, 0.1) is 6.10 Å². The minimum atomic E-state index is -0.579. The Bertz CT molecular complexity index is 141. The largest absolute Gasteiger partial charge is 0.462 e. The molecule has 0 atom stereocenters. The number of ether oxygens (including phenoxy) is 1. The lowest BCUT2D eigenvalue weighted by Gasteiger charge is -2.22. The molecule has 0 rings (SSSR count). The second kappa shape index (κ2) is 5.14. The Balaban J connectivity index is 0. The minimum absolute atomic E-state index is 0. The molecule has 0 aliphatic carbocycles. The van der Waals surface area contributed by atoms with E-state index in [2.05, 4.69) is 5.32 Å². The average Bonchev–Trinajstić information content (AvgIpc) is 1.86. The molecule has 3 heteroatoms. The van der Waals surface area contributed by atoms with Crippen molar-refractivity contribution in [1.29, 1.82) is 0 Å². The molecule has 0 saturated heterocycles. The SMILES string of the molecule is C.CNC(C)(C)C(=O)OC(C)C. The van der Waals surface area contributed by atoms with Gasteiger partial charge in [0, 0.05) is 0 Å². The standard InChI is InChI=1S/C8H17NO2.CH4/c1-6(2)11-7(10)8(3,4)9-5;/h6,9H,1-5H3;1H4. The smallest absolute Gasteiger partial charge is 0.325 e. The van der Waals surface area contributed by atoms with Gasteiger partial charge in [0.15, 0.2) is 0 Å². The molecular formula is C9H21NO2. The first kappa shape index (κ1) is 14.0. The Hall–Kier alpha value is -0.570. The summed E-state index contributed by atoms with van der Waals surface area (Å²) in [6.07, 6.45) is -0.0462. The number of carbonyl (C=O) groups is 1. The minimum Gasteiger partial charge on any atom is -0.462 e. The maximum atomic E-state index is 11.2. The Morgan fingerprint density at radius 2 is 1.83 bits per heavy atom. The van der Waals surface area contributed by atoms with E-state index >= 15 is 0 Å². The van der Waals surface area contributed by atoms with Gasteiger partial charge >= 0.3 is 5.97 Å². The van der Waals surface area contributed by atoms with Crippen LogP contribution in [0.4, 0.5) is 0 Å². The van der Waals surface area contributed by atoms with E-state index in [1.807, 2.05) is 13.8 Å². The van der Waals surface area contributed by atoms with Crippen molar-refractivity contribution in [3.05, 3.63) is 0 Å². The van der Waals surface area contributed by atoms with Crippen LogP contribution in [-0.2, 0) is 9.53 Å². The van der Waals surface area contributed by atoms with E-state index in [-0.39, 0.29) is 19.5 Å². The third-order valence-corrected chi connectivity index (χ3v) is 1.48. The number of nitrogens with one attached hydrogen (secondary N) is 1. The lowest BCUT2D eigenvalue weighted by molar-refractivity contribution is -0.153. The van der Waals surface area contributed by atoms with Crippen molar-refractivity contribution in [2.75, 3.05) is 7.05 Å². The molecule has 1 N–H and O–H groups in total. The van der Waals surface area contributed by atoms with E-state index in [9.17, 15) is 4.79 Å². The molecule has 12 heavy (non-hydrogen) atoms. The first-order valence-corrected chi connectivity index (χ1v) is 3.80. The van der Waals surface area contributed by atoms with Crippen LogP contribution in [0.25, 0.3) is 0 Å². The maximum absolute atomic E-state index is 11.2. The summed E-state index contributed by atoms with van der Waals surface area (Å²) in [6.45, 7) is 7.25. The van der Waals surface area contributed by atoms with Crippen LogP contribution in [0, 0.1) is 0 Å². The summed E-state index contributed by atoms with van der Waals surface area (Å²) in [6, 6.07) is 0. The highest BCUT2D eigenvalue weighted by Crippen LogP contribution is 2.05. The van der Waals surface area contributed by atoms with Gasteiger partial charge in [-0.05, 0) is 34.7 Å². The van der Waals surface area contributed by atoms with Gasteiger partial charge in [0.25, 0.3) is 0 Å². The summed E-state index contributed by atoms with van der Waals surface area (Å²) >= 11 is 0. The van der Waals surface area contributed by atoms with Gasteiger partial charge in [-0.15, -0.1) is 0 Å². The molecule has 0 heterocycles. The molecular weight excluding hydrogens is 154 g/mol. The average molecular weight is 175 g/mol. The van der Waals surface area contributed by atoms with Crippen molar-refractivity contribution in [1.82, 2.24) is 5.32 Å². The predicted molar refractivity (Wildman–Crippen MR) is 51.1 cm³/mol. The number of esters is 1. The second-order valence-corrected chi connectivity index (χ2v) is 3.33. The van der Waals surface area contributed by atoms with Gasteiger partial charge in [-0.1, -0.05) is 7.43 Å². The fraction of sp³-hybridized carbons (Fsp3) is 0.889. The van der Waals surface area contributed by atoms with Gasteiger partial charge in [-0.2, -0.15) is 0 Å². The molecule has 0 fully saturated rings. The third kappa shape index (κ3) is 4.34. The fourth-order valence-corrected chi connectivity index (χ4v) is 0.463. The van der Waals surface area contributed by atoms with Crippen LogP contribution in [0.1, 0.15) is 35.1 Å². The van der Waals surface area contributed by atoms with Crippen molar-refractivity contribution in [2.45, 2.75) is 46.8 Å². The molecule has 0 aromatic carbocycles. The summed E-state index contributed by atoms with van der Waals surface area (Å²) in [5, 5.41) is 2.87. The van der Waals surface area contributed by atoms with Crippen molar-refractivity contribution in [3.63, 3.8) is 0 Å². The lowest BCUT2D eigenvalue weighted by Crippen LogP contribution is -2.46. The highest BCUT2D eigenvalue weighted by molar-refractivity contribution is 5.79. The molecule has 0 radical (unpaired) electrons. The fourth-order valence-electron chi connectivity index (χ4n) is 0.463. The number of hydrogen-bond donors (Lipinski definition) is 1. The Morgan fingerprint density at radius 1 is 1.42 bits per heavy atom. The van der Waals surface area contributed by atoms with Gasteiger partial charge in [0.1, 0.15) is 5.54 Å². The second-order valence-electron chi connectivity index (χ2n) is 3.33. The zero-order valence-electron chi connectivity index (χ0n) is 7.89. The number of rotatable bonds is 3. The van der Waals surface area contributed by atoms with Crippen LogP contribution < -0.4 is 5.32 Å². The van der Waals surface area contributed by atoms with E-state index in [0.29, 0.717) is 0 Å². The lowest BCUT2D eigenvalue weighted by atomic mass is 10.1. The summed E-state index contributed by atoms with van der Waals surface area (Å²) in [7, 11) is 1.74. The first-order chi connectivity index (χ1) is 4.90. The quantitative estimate of drug-likeness (QED) is 0.662. The summed E-state index contributed by atoms with van der Waals surface area (Å²) in [4.78, 5) is 11.2. The van der Waals surface area contributed by atoms with Crippen LogP contribution >= 0.6 is 0 Å². The van der Waals surface area contributed by atoms with Gasteiger partial charge < -0.3 is 10.1 Å². The Morgan fingerprint density at radius 3 is 2.08 bits per heavy atom. The molecule has 0 aliphatic rings. The molecule has 0 aromatic heterocycles. The molecule has 0 aromatic rings. The van der Waals surface area contributed by atoms with E-state index in [1.165, 1.54) is 0 Å². The van der Waals surface area contributed by atoms with Crippen LogP contribution in [0.5, 0.6) is 0 Å². The van der Waals surface area contributed by atoms with Crippen molar-refractivity contribution in [2.24, 2.45) is 0 Å². The van der Waals surface area contributed by atoms with Crippen LogP contribution in [0.3, 0.4) is 0 Å². The topological polar surface area (TPSA) is 38.3 Å². The van der Waals surface area contributed by atoms with Crippen LogP contribution in [0.2, 0.25) is 0 Å². The monoisotopic (exact) mass is 175 g/mol. The Kier molecular flexibility index (Phi) is 5.99. The zero-order chi connectivity index (χ0) is 9.07. The molecule has 0 unspecified atom stereocenters. The number of carbonyl (C=O) groups excluding carboxylic acids is 1. The van der Waals surface area contributed by atoms with Gasteiger partial charge in [-0.3, -0.25) is 4.79 Å². The van der Waals surface area contributed by atoms with E-state index < -0.39 is 5.54 Å². The molecule has 0 aliphatic heterocycles. The van der Waals surface area contributed by atoms with Crippen LogP contribution in [-0.4, -0.2) is 24.7 Å². The van der Waals surface area contributed by atoms with E-state index in [4.69, 9.17) is 4.74 Å². The summed E-state index contributed by atoms with van der Waals surface area (Å²) < 4.78 is 5.00. The van der Waals surface area contributed by atoms with Crippen LogP contribution in [0.15, 0.2) is 0 Å². The molecule has 0 bridgehead atoms. The number of likely N-dealkylation sites (N-methyl/N-ethyl adjacent to an activating group) is 1. The third-order valence-electron chi connectivity index (χ3n) is 1.48. The predicted octanol–water partition coefficient (Wildman–Crippen LogP) is 1.57. The normalized spacial score (nSPS) is 10.8. The molecule has 74 valence electrons. The molecule has 0 spiro atoms. The van der Waals surface area contributed by atoms with E-state index in [1.54, 1.807) is 20.9 Å². The maximum Gasteiger partial charge on any atom is 0.325 e. The first-order valence-electron chi connectivity index (χ1n) is 3.80. The molecule has 3 nitrogen and oxygen atoms in total. The van der Waals surface area contributed by atoms with Crippen molar-refractivity contribution < 1.29 is 9.53 Å². The van der Waals surface area contributed by atoms with Gasteiger partial charge in [0.2, 0.25) is 0 Å². The van der Waals surface area contributed by atoms with E-state index in [0.717, 1.165) is 0 Å². The zero-order valence-corrected chi connectivity index (χ0v) is 7.89. The number of hydrogen-bond acceptors (Lipinski definition) is 3.